The first kappa shape index (κ1) is 9.85. The molecule has 13 heavy (non-hydrogen) atoms. The molecule has 1 N–H and O–H groups in total. The Labute approximate surface area is 86.0 Å². The molecular formula is C11H21NS. The van der Waals surface area contributed by atoms with Crippen molar-refractivity contribution in [1.29, 1.82) is 0 Å². The van der Waals surface area contributed by atoms with Crippen LogP contribution in [0.1, 0.15) is 33.6 Å². The van der Waals surface area contributed by atoms with Gasteiger partial charge in [-0.15, -0.1) is 0 Å². The molecule has 2 fully saturated rings. The van der Waals surface area contributed by atoms with Gasteiger partial charge in [-0.1, -0.05) is 20.8 Å². The average molecular weight is 199 g/mol. The molecule has 0 bridgehead atoms. The van der Waals surface area contributed by atoms with Crippen LogP contribution in [-0.4, -0.2) is 23.1 Å². The van der Waals surface area contributed by atoms with Gasteiger partial charge in [0, 0.05) is 23.1 Å². The molecule has 1 heterocycles. The Kier molecular flexibility index (Phi) is 2.89. The minimum Gasteiger partial charge on any atom is -0.312 e. The van der Waals surface area contributed by atoms with E-state index in [0.717, 1.165) is 28.4 Å². The third-order valence-electron chi connectivity index (χ3n) is 3.44. The van der Waals surface area contributed by atoms with Crippen molar-refractivity contribution in [2.45, 2.75) is 50.2 Å². The van der Waals surface area contributed by atoms with Gasteiger partial charge in [0.25, 0.3) is 0 Å². The van der Waals surface area contributed by atoms with E-state index in [1.165, 1.54) is 19.4 Å². The van der Waals surface area contributed by atoms with Crippen molar-refractivity contribution in [3.63, 3.8) is 0 Å². The third kappa shape index (κ3) is 2.04. The highest BCUT2D eigenvalue weighted by atomic mass is 32.2. The van der Waals surface area contributed by atoms with E-state index in [9.17, 15) is 0 Å². The molecule has 1 aliphatic carbocycles. The molecule has 2 aliphatic rings. The Morgan fingerprint density at radius 3 is 2.69 bits per heavy atom. The molecule has 1 nitrogen and oxygen atoms in total. The number of hydrogen-bond acceptors (Lipinski definition) is 2. The van der Waals surface area contributed by atoms with Gasteiger partial charge in [0.1, 0.15) is 0 Å². The topological polar surface area (TPSA) is 12.0 Å². The Balaban J connectivity index is 2.02. The number of nitrogens with one attached hydrogen (secondary N) is 1. The second-order valence-electron chi connectivity index (χ2n) is 4.98. The van der Waals surface area contributed by atoms with Crippen LogP contribution < -0.4 is 5.32 Å². The second-order valence-corrected chi connectivity index (χ2v) is 6.60. The van der Waals surface area contributed by atoms with E-state index in [2.05, 4.69) is 37.8 Å². The molecule has 5 atom stereocenters. The minimum atomic E-state index is 0.806. The van der Waals surface area contributed by atoms with Crippen LogP contribution in [0.5, 0.6) is 0 Å². The van der Waals surface area contributed by atoms with Gasteiger partial charge in [-0.25, -0.2) is 0 Å². The van der Waals surface area contributed by atoms with Crippen LogP contribution in [0.2, 0.25) is 0 Å². The minimum absolute atomic E-state index is 0.806. The van der Waals surface area contributed by atoms with Gasteiger partial charge in [-0.3, -0.25) is 0 Å². The maximum absolute atomic E-state index is 3.71. The van der Waals surface area contributed by atoms with E-state index < -0.39 is 0 Å². The van der Waals surface area contributed by atoms with Crippen LogP contribution in [0.4, 0.5) is 0 Å². The largest absolute Gasteiger partial charge is 0.312 e. The first-order valence-corrected chi connectivity index (χ1v) is 6.50. The lowest BCUT2D eigenvalue weighted by atomic mass is 9.80. The average Bonchev–Trinajstić information content (AvgIpc) is 2.06. The standard InChI is InChI=1S/C11H21NS/c1-7-4-8(2)11-10(5-7)12-6-9(3)13-11/h7-12H,4-6H2,1-3H3. The summed E-state index contributed by atoms with van der Waals surface area (Å²) in [4.78, 5) is 0. The zero-order chi connectivity index (χ0) is 9.42. The summed E-state index contributed by atoms with van der Waals surface area (Å²) in [5.41, 5.74) is 0. The lowest BCUT2D eigenvalue weighted by Gasteiger charge is -2.44. The molecule has 0 aromatic rings. The smallest absolute Gasteiger partial charge is 0.0230 e. The van der Waals surface area contributed by atoms with Crippen LogP contribution in [0.3, 0.4) is 0 Å². The van der Waals surface area contributed by atoms with Gasteiger partial charge in [0.15, 0.2) is 0 Å². The third-order valence-corrected chi connectivity index (χ3v) is 5.18. The molecule has 2 heteroatoms. The lowest BCUT2D eigenvalue weighted by Crippen LogP contribution is -2.52. The number of thioether (sulfide) groups is 1. The fraction of sp³-hybridized carbons (Fsp3) is 1.00. The van der Waals surface area contributed by atoms with E-state index >= 15 is 0 Å². The van der Waals surface area contributed by atoms with Crippen molar-refractivity contribution in [3.8, 4) is 0 Å². The Bertz CT molecular complexity index is 183. The summed E-state index contributed by atoms with van der Waals surface area (Å²) in [6, 6.07) is 0.806. The molecular weight excluding hydrogens is 178 g/mol. The molecule has 0 amide bonds. The van der Waals surface area contributed by atoms with E-state index in [-0.39, 0.29) is 0 Å². The summed E-state index contributed by atoms with van der Waals surface area (Å²) in [6.07, 6.45) is 2.83. The van der Waals surface area contributed by atoms with Crippen molar-refractivity contribution in [2.75, 3.05) is 6.54 Å². The monoisotopic (exact) mass is 199 g/mol. The van der Waals surface area contributed by atoms with Crippen LogP contribution in [0.15, 0.2) is 0 Å². The van der Waals surface area contributed by atoms with E-state index in [1.54, 1.807) is 0 Å². The van der Waals surface area contributed by atoms with E-state index in [1.807, 2.05) is 0 Å². The second kappa shape index (κ2) is 3.82. The van der Waals surface area contributed by atoms with Gasteiger partial charge in [-0.05, 0) is 24.7 Å². The molecule has 0 spiro atoms. The van der Waals surface area contributed by atoms with Crippen LogP contribution >= 0.6 is 11.8 Å². The van der Waals surface area contributed by atoms with E-state index in [0.29, 0.717) is 0 Å². The maximum Gasteiger partial charge on any atom is 0.0230 e. The van der Waals surface area contributed by atoms with Gasteiger partial charge in [0.2, 0.25) is 0 Å². The number of fused-ring (bicyclic) bond motifs is 1. The molecule has 0 aromatic heterocycles. The summed E-state index contributed by atoms with van der Waals surface area (Å²) in [5, 5.41) is 5.42. The fourth-order valence-corrected chi connectivity index (χ4v) is 4.40. The summed E-state index contributed by atoms with van der Waals surface area (Å²) < 4.78 is 0. The van der Waals surface area contributed by atoms with Crippen molar-refractivity contribution in [1.82, 2.24) is 5.32 Å². The van der Waals surface area contributed by atoms with Gasteiger partial charge < -0.3 is 5.32 Å². The van der Waals surface area contributed by atoms with Gasteiger partial charge in [0.05, 0.1) is 0 Å². The van der Waals surface area contributed by atoms with Crippen LogP contribution in [-0.2, 0) is 0 Å². The van der Waals surface area contributed by atoms with Crippen molar-refractivity contribution in [3.05, 3.63) is 0 Å². The van der Waals surface area contributed by atoms with Gasteiger partial charge in [-0.2, -0.15) is 11.8 Å². The Hall–Kier alpha value is 0.310. The Morgan fingerprint density at radius 2 is 1.92 bits per heavy atom. The number of hydrogen-bond donors (Lipinski definition) is 1. The zero-order valence-corrected chi connectivity index (χ0v) is 9.73. The van der Waals surface area contributed by atoms with Crippen LogP contribution in [0.25, 0.3) is 0 Å². The molecule has 1 aliphatic heterocycles. The fourth-order valence-electron chi connectivity index (χ4n) is 2.89. The Morgan fingerprint density at radius 1 is 1.15 bits per heavy atom. The molecule has 2 rings (SSSR count). The van der Waals surface area contributed by atoms with Crippen molar-refractivity contribution in [2.24, 2.45) is 11.8 Å². The molecule has 76 valence electrons. The maximum atomic E-state index is 3.71. The zero-order valence-electron chi connectivity index (χ0n) is 8.92. The summed E-state index contributed by atoms with van der Waals surface area (Å²) >= 11 is 2.22. The first-order chi connectivity index (χ1) is 6.16. The SMILES string of the molecule is CC1CC(C)C2SC(C)CNC2C1. The molecule has 0 aromatic carbocycles. The summed E-state index contributed by atoms with van der Waals surface area (Å²) in [5.74, 6) is 1.84. The van der Waals surface area contributed by atoms with Gasteiger partial charge >= 0.3 is 0 Å². The summed E-state index contributed by atoms with van der Waals surface area (Å²) in [7, 11) is 0. The quantitative estimate of drug-likeness (QED) is 0.643. The highest BCUT2D eigenvalue weighted by Crippen LogP contribution is 2.40. The normalized spacial score (nSPS) is 51.5. The first-order valence-electron chi connectivity index (χ1n) is 5.55. The molecule has 5 unspecified atom stereocenters. The van der Waals surface area contributed by atoms with Crippen LogP contribution in [0, 0.1) is 11.8 Å². The summed E-state index contributed by atoms with van der Waals surface area (Å²) in [6.45, 7) is 8.39. The number of rotatable bonds is 0. The highest BCUT2D eigenvalue weighted by Gasteiger charge is 2.37. The predicted octanol–water partition coefficient (Wildman–Crippen LogP) is 2.51. The molecule has 1 saturated carbocycles. The van der Waals surface area contributed by atoms with Crippen molar-refractivity contribution < 1.29 is 0 Å². The molecule has 0 radical (unpaired) electrons. The predicted molar refractivity (Wildman–Crippen MR) is 60.2 cm³/mol. The van der Waals surface area contributed by atoms with E-state index in [4.69, 9.17) is 0 Å². The lowest BCUT2D eigenvalue weighted by molar-refractivity contribution is 0.243. The molecule has 1 saturated heterocycles. The highest BCUT2D eigenvalue weighted by molar-refractivity contribution is 8.00. The van der Waals surface area contributed by atoms with Crippen molar-refractivity contribution >= 4 is 11.8 Å².